The van der Waals surface area contributed by atoms with Crippen molar-refractivity contribution in [1.82, 2.24) is 9.88 Å². The number of carbonyl (C=O) groups is 2. The van der Waals surface area contributed by atoms with Gasteiger partial charge in [-0.25, -0.2) is 13.4 Å². The summed E-state index contributed by atoms with van der Waals surface area (Å²) >= 11 is 1.37. The molecular weight excluding hydrogens is 522 g/mol. The number of anilines is 1. The predicted molar refractivity (Wildman–Crippen MR) is 147 cm³/mol. The van der Waals surface area contributed by atoms with Crippen LogP contribution in [0.2, 0.25) is 0 Å². The molecule has 4 rings (SSSR count). The molecule has 38 heavy (non-hydrogen) atoms. The van der Waals surface area contributed by atoms with E-state index in [0.29, 0.717) is 11.6 Å². The van der Waals surface area contributed by atoms with Gasteiger partial charge in [0.15, 0.2) is 15.0 Å². The number of hydrogen-bond acceptors (Lipinski definition) is 7. The van der Waals surface area contributed by atoms with Crippen LogP contribution in [-0.2, 0) is 25.8 Å². The zero-order chi connectivity index (χ0) is 27.8. The van der Waals surface area contributed by atoms with Gasteiger partial charge >= 0.3 is 0 Å². The number of rotatable bonds is 7. The maximum absolute atomic E-state index is 12.9. The van der Waals surface area contributed by atoms with Crippen LogP contribution in [-0.4, -0.2) is 60.7 Å². The van der Waals surface area contributed by atoms with Gasteiger partial charge in [-0.15, -0.1) is 17.8 Å². The second kappa shape index (κ2) is 10.8. The number of sulfone groups is 1. The molecule has 204 valence electrons. The minimum atomic E-state index is -3.77. The first kappa shape index (κ1) is 28.3. The molecule has 6 atom stereocenters. The van der Waals surface area contributed by atoms with E-state index in [1.165, 1.54) is 28.4 Å². The first-order valence-corrected chi connectivity index (χ1v) is 15.3. The molecule has 1 heterocycles. The average Bonchev–Trinajstić information content (AvgIpc) is 3.25. The molecule has 2 aliphatic carbocycles. The van der Waals surface area contributed by atoms with Crippen molar-refractivity contribution in [2.75, 3.05) is 24.7 Å². The summed E-state index contributed by atoms with van der Waals surface area (Å²) < 4.78 is 25.2. The van der Waals surface area contributed by atoms with E-state index in [1.54, 1.807) is 25.2 Å². The minimum Gasteiger partial charge on any atom is -0.392 e. The van der Waals surface area contributed by atoms with Crippen molar-refractivity contribution in [2.45, 2.75) is 57.0 Å². The van der Waals surface area contributed by atoms with Gasteiger partial charge in [0.25, 0.3) is 0 Å². The van der Waals surface area contributed by atoms with E-state index in [9.17, 15) is 23.1 Å². The number of aromatic nitrogens is 1. The summed E-state index contributed by atoms with van der Waals surface area (Å²) in [6, 6.07) is 7.89. The number of hydrogen-bond donors (Lipinski definition) is 2. The number of carbonyl (C=O) groups excluding carboxylic acids is 2. The molecule has 0 aliphatic heterocycles. The Kier molecular flexibility index (Phi) is 8.03. The Labute approximate surface area is 228 Å². The number of nitrogens with zero attached hydrogens (tertiary/aromatic N) is 2. The van der Waals surface area contributed by atoms with Gasteiger partial charge in [0, 0.05) is 23.8 Å². The molecule has 0 bridgehead atoms. The summed E-state index contributed by atoms with van der Waals surface area (Å²) in [5.41, 5.74) is 0.641. The number of aliphatic hydroxyl groups is 1. The molecule has 2 N–H and O–H groups in total. The van der Waals surface area contributed by atoms with Crippen molar-refractivity contribution in [1.29, 1.82) is 0 Å². The van der Waals surface area contributed by atoms with Gasteiger partial charge in [-0.3, -0.25) is 9.59 Å². The molecule has 2 aliphatic rings. The maximum Gasteiger partial charge on any atom is 0.241 e. The van der Waals surface area contributed by atoms with Crippen molar-refractivity contribution in [2.24, 2.45) is 23.2 Å². The fraction of sp³-hybridized carbons (Fsp3) is 0.536. The quantitative estimate of drug-likeness (QED) is 0.505. The Morgan fingerprint density at radius 3 is 2.68 bits per heavy atom. The standard InChI is InChI=1S/C28H35N3O5S2/c1-6-14-31(5)26(34)17(2)20-12-13-28(4)15-21-24(18(3)23(28)25(20)33)30-27(37-21)29-22(32)16-38(35,36)19-10-8-7-9-11-19/h1,7-11,17-18,20,23,25,33H,12-16H2,2-5H3,(H,29,30,32)/t17-,18-,20-,23+,25-,28+/m0/s1. The van der Waals surface area contributed by atoms with Gasteiger partial charge in [-0.2, -0.15) is 0 Å². The number of amides is 2. The molecule has 0 spiro atoms. The van der Waals surface area contributed by atoms with Gasteiger partial charge in [-0.1, -0.05) is 44.9 Å². The number of nitrogens with one attached hydrogen (secondary N) is 1. The van der Waals surface area contributed by atoms with Crippen LogP contribution < -0.4 is 5.32 Å². The van der Waals surface area contributed by atoms with Crippen LogP contribution >= 0.6 is 11.3 Å². The number of aliphatic hydroxyl groups excluding tert-OH is 1. The van der Waals surface area contributed by atoms with Crippen molar-refractivity contribution < 1.29 is 23.1 Å². The molecule has 0 saturated heterocycles. The molecule has 1 fully saturated rings. The van der Waals surface area contributed by atoms with Crippen LogP contribution in [0.1, 0.15) is 50.1 Å². The lowest BCUT2D eigenvalue weighted by atomic mass is 9.53. The molecule has 2 amide bonds. The lowest BCUT2D eigenvalue weighted by Crippen LogP contribution is -2.53. The SMILES string of the molecule is C#CCN(C)C(=O)[C@@H](C)[C@@H]1CC[C@]2(C)Cc3sc(NC(=O)CS(=O)(=O)c4ccccc4)nc3[C@@H](C)[C@@H]2[C@H]1O. The van der Waals surface area contributed by atoms with Crippen LogP contribution in [0, 0.1) is 35.5 Å². The van der Waals surface area contributed by atoms with Crippen LogP contribution in [0.15, 0.2) is 35.2 Å². The highest BCUT2D eigenvalue weighted by Crippen LogP contribution is 2.57. The highest BCUT2D eigenvalue weighted by molar-refractivity contribution is 7.92. The molecule has 8 nitrogen and oxygen atoms in total. The van der Waals surface area contributed by atoms with E-state index in [0.717, 1.165) is 23.4 Å². The second-order valence-corrected chi connectivity index (χ2v) is 14.0. The summed E-state index contributed by atoms with van der Waals surface area (Å²) in [5.74, 6) is 0.369. The van der Waals surface area contributed by atoms with E-state index in [2.05, 4.69) is 23.1 Å². The fourth-order valence-electron chi connectivity index (χ4n) is 6.38. The second-order valence-electron chi connectivity index (χ2n) is 11.0. The third-order valence-corrected chi connectivity index (χ3v) is 10.9. The number of fused-ring (bicyclic) bond motifs is 2. The lowest BCUT2D eigenvalue weighted by molar-refractivity contribution is -0.142. The Morgan fingerprint density at radius 1 is 1.34 bits per heavy atom. The van der Waals surface area contributed by atoms with Crippen LogP contribution in [0.4, 0.5) is 5.13 Å². The van der Waals surface area contributed by atoms with Crippen molar-refractivity contribution >= 4 is 38.1 Å². The lowest BCUT2D eigenvalue weighted by Gasteiger charge is -2.53. The summed E-state index contributed by atoms with van der Waals surface area (Å²) in [7, 11) is -2.08. The summed E-state index contributed by atoms with van der Waals surface area (Å²) in [5, 5.41) is 14.6. The van der Waals surface area contributed by atoms with Gasteiger partial charge < -0.3 is 15.3 Å². The Hall–Kier alpha value is -2.74. The Balaban J connectivity index is 1.50. The smallest absolute Gasteiger partial charge is 0.241 e. The van der Waals surface area contributed by atoms with Crippen molar-refractivity contribution in [3.8, 4) is 12.3 Å². The fourth-order valence-corrected chi connectivity index (χ4v) is 8.82. The van der Waals surface area contributed by atoms with Crippen LogP contribution in [0.25, 0.3) is 0 Å². The Bertz CT molecular complexity index is 1350. The van der Waals surface area contributed by atoms with E-state index >= 15 is 0 Å². The van der Waals surface area contributed by atoms with E-state index in [1.807, 2.05) is 13.8 Å². The normalized spacial score (nSPS) is 27.4. The van der Waals surface area contributed by atoms with Crippen LogP contribution in [0.3, 0.4) is 0 Å². The summed E-state index contributed by atoms with van der Waals surface area (Å²) in [4.78, 5) is 32.9. The minimum absolute atomic E-state index is 0.0659. The van der Waals surface area contributed by atoms with Crippen LogP contribution in [0.5, 0.6) is 0 Å². The zero-order valence-corrected chi connectivity index (χ0v) is 23.8. The number of benzene rings is 1. The highest BCUT2D eigenvalue weighted by Gasteiger charge is 2.54. The van der Waals surface area contributed by atoms with Gasteiger partial charge in [-0.05, 0) is 48.6 Å². The third-order valence-electron chi connectivity index (χ3n) is 8.33. The predicted octanol–water partition coefficient (Wildman–Crippen LogP) is 3.34. The molecule has 10 heteroatoms. The molecule has 1 aromatic heterocycles. The van der Waals surface area contributed by atoms with E-state index in [4.69, 9.17) is 6.42 Å². The zero-order valence-electron chi connectivity index (χ0n) is 22.2. The maximum atomic E-state index is 12.9. The third kappa shape index (κ3) is 5.37. The van der Waals surface area contributed by atoms with Crippen molar-refractivity contribution in [3.63, 3.8) is 0 Å². The average molecular weight is 558 g/mol. The highest BCUT2D eigenvalue weighted by atomic mass is 32.2. The monoisotopic (exact) mass is 557 g/mol. The summed E-state index contributed by atoms with van der Waals surface area (Å²) in [6.45, 7) is 6.31. The summed E-state index contributed by atoms with van der Waals surface area (Å²) in [6.07, 6.45) is 6.98. The molecular formula is C28H35N3O5S2. The largest absolute Gasteiger partial charge is 0.392 e. The number of terminal acetylenes is 1. The first-order chi connectivity index (χ1) is 17.9. The van der Waals surface area contributed by atoms with Gasteiger partial charge in [0.1, 0.15) is 5.75 Å². The molecule has 1 aromatic carbocycles. The molecule has 1 saturated carbocycles. The topological polar surface area (TPSA) is 117 Å². The van der Waals surface area contributed by atoms with Gasteiger partial charge in [0.2, 0.25) is 11.8 Å². The van der Waals surface area contributed by atoms with E-state index < -0.39 is 27.6 Å². The first-order valence-electron chi connectivity index (χ1n) is 12.8. The Morgan fingerprint density at radius 2 is 2.03 bits per heavy atom. The van der Waals surface area contributed by atoms with Crippen molar-refractivity contribution in [3.05, 3.63) is 40.9 Å². The molecule has 0 unspecified atom stereocenters. The molecule has 2 aromatic rings. The number of thiazole rings is 1. The van der Waals surface area contributed by atoms with E-state index in [-0.39, 0.29) is 46.4 Å². The molecule has 0 radical (unpaired) electrons. The van der Waals surface area contributed by atoms with Gasteiger partial charge in [0.05, 0.1) is 23.2 Å².